The van der Waals surface area contributed by atoms with E-state index in [2.05, 4.69) is 70.9 Å². The molecule has 1 saturated heterocycles. The van der Waals surface area contributed by atoms with Crippen molar-refractivity contribution in [2.45, 2.75) is 31.7 Å². The number of nitrogens with one attached hydrogen (secondary N) is 1. The van der Waals surface area contributed by atoms with Gasteiger partial charge in [0.25, 0.3) is 0 Å². The Morgan fingerprint density at radius 3 is 2.55 bits per heavy atom. The summed E-state index contributed by atoms with van der Waals surface area (Å²) in [5.41, 5.74) is 4.32. The molecule has 1 fully saturated rings. The van der Waals surface area contributed by atoms with Gasteiger partial charge in [0.2, 0.25) is 5.91 Å². The smallest absolute Gasteiger partial charge is 0.221 e. The summed E-state index contributed by atoms with van der Waals surface area (Å²) in [7, 11) is 0. The van der Waals surface area contributed by atoms with Crippen LogP contribution in [0, 0.1) is 0 Å². The van der Waals surface area contributed by atoms with Crippen molar-refractivity contribution in [3.63, 3.8) is 0 Å². The van der Waals surface area contributed by atoms with Crippen LogP contribution < -0.4 is 5.32 Å². The minimum atomic E-state index is -0.106. The van der Waals surface area contributed by atoms with E-state index in [1.165, 1.54) is 18.1 Å². The van der Waals surface area contributed by atoms with E-state index in [1.807, 2.05) is 30.5 Å². The predicted molar refractivity (Wildman–Crippen MR) is 127 cm³/mol. The van der Waals surface area contributed by atoms with Gasteiger partial charge in [0.1, 0.15) is 0 Å². The van der Waals surface area contributed by atoms with Crippen molar-refractivity contribution < 1.29 is 4.79 Å². The summed E-state index contributed by atoms with van der Waals surface area (Å²) in [5.74, 6) is -0.0471. The standard InChI is InChI=1S/C27H29N3O/c1-22(31)29-25-13-11-24(12-14-25)20-30-19-7-16-27(21-30,26-10-5-6-18-28-26)17-15-23-8-3-2-4-9-23/h2-6,8-15,17-18H,7,16,19-21H2,1H3,(H,29,31). The molecule has 1 aliphatic rings. The van der Waals surface area contributed by atoms with Crippen molar-refractivity contribution in [1.29, 1.82) is 0 Å². The highest BCUT2D eigenvalue weighted by molar-refractivity contribution is 5.88. The predicted octanol–water partition coefficient (Wildman–Crippen LogP) is 5.29. The van der Waals surface area contributed by atoms with Crippen molar-refractivity contribution in [2.75, 3.05) is 18.4 Å². The van der Waals surface area contributed by atoms with E-state index in [0.29, 0.717) is 0 Å². The van der Waals surface area contributed by atoms with Crippen LogP contribution >= 0.6 is 0 Å². The van der Waals surface area contributed by atoms with Gasteiger partial charge in [-0.15, -0.1) is 0 Å². The molecule has 2 heterocycles. The third-order valence-electron chi connectivity index (χ3n) is 5.85. The number of rotatable bonds is 6. The number of hydrogen-bond donors (Lipinski definition) is 1. The fourth-order valence-corrected chi connectivity index (χ4v) is 4.37. The third kappa shape index (κ3) is 5.47. The topological polar surface area (TPSA) is 45.2 Å². The molecule has 2 aromatic carbocycles. The van der Waals surface area contributed by atoms with Gasteiger partial charge in [0.05, 0.1) is 5.69 Å². The van der Waals surface area contributed by atoms with Crippen LogP contribution in [0.25, 0.3) is 6.08 Å². The molecule has 4 heteroatoms. The molecule has 31 heavy (non-hydrogen) atoms. The normalized spacial score (nSPS) is 19.4. The fraction of sp³-hybridized carbons (Fsp3) is 0.259. The molecule has 1 unspecified atom stereocenters. The minimum absolute atomic E-state index is 0.0471. The number of piperidine rings is 1. The zero-order valence-electron chi connectivity index (χ0n) is 18.0. The second-order valence-electron chi connectivity index (χ2n) is 8.31. The monoisotopic (exact) mass is 411 g/mol. The number of nitrogens with zero attached hydrogens (tertiary/aromatic N) is 2. The van der Waals surface area contributed by atoms with Crippen LogP contribution in [-0.2, 0) is 16.8 Å². The van der Waals surface area contributed by atoms with Crippen LogP contribution in [0.5, 0.6) is 0 Å². The van der Waals surface area contributed by atoms with Crippen LogP contribution in [0.2, 0.25) is 0 Å². The molecule has 4 rings (SSSR count). The molecule has 1 atom stereocenters. The van der Waals surface area contributed by atoms with Gasteiger partial charge in [0, 0.05) is 37.3 Å². The number of pyridine rings is 1. The second-order valence-corrected chi connectivity index (χ2v) is 8.31. The molecule has 0 aliphatic carbocycles. The highest BCUT2D eigenvalue weighted by Gasteiger charge is 2.36. The first-order valence-electron chi connectivity index (χ1n) is 10.9. The summed E-state index contributed by atoms with van der Waals surface area (Å²) < 4.78 is 0. The van der Waals surface area contributed by atoms with Gasteiger partial charge in [-0.3, -0.25) is 14.7 Å². The van der Waals surface area contributed by atoms with Crippen LogP contribution in [0.15, 0.2) is 85.1 Å². The minimum Gasteiger partial charge on any atom is -0.326 e. The molecule has 0 spiro atoms. The average Bonchev–Trinajstić information content (AvgIpc) is 2.80. The summed E-state index contributed by atoms with van der Waals surface area (Å²) in [5, 5.41) is 2.83. The third-order valence-corrected chi connectivity index (χ3v) is 5.85. The number of anilines is 1. The molecule has 0 saturated carbocycles. The Kier molecular flexibility index (Phi) is 6.58. The quantitative estimate of drug-likeness (QED) is 0.600. The summed E-state index contributed by atoms with van der Waals surface area (Å²) in [6, 6.07) is 24.8. The first kappa shape index (κ1) is 21.0. The molecule has 1 N–H and O–H groups in total. The van der Waals surface area contributed by atoms with Crippen molar-refractivity contribution in [3.8, 4) is 0 Å². The Balaban J connectivity index is 1.55. The molecule has 1 amide bonds. The first-order valence-corrected chi connectivity index (χ1v) is 10.9. The Morgan fingerprint density at radius 2 is 1.84 bits per heavy atom. The number of benzene rings is 2. The maximum absolute atomic E-state index is 11.3. The van der Waals surface area contributed by atoms with Crippen molar-refractivity contribution in [1.82, 2.24) is 9.88 Å². The molecule has 4 nitrogen and oxygen atoms in total. The van der Waals surface area contributed by atoms with Crippen LogP contribution in [0.3, 0.4) is 0 Å². The summed E-state index contributed by atoms with van der Waals surface area (Å²) >= 11 is 0. The molecule has 3 aromatic rings. The maximum Gasteiger partial charge on any atom is 0.221 e. The summed E-state index contributed by atoms with van der Waals surface area (Å²) in [4.78, 5) is 18.5. The first-order chi connectivity index (χ1) is 15.1. The van der Waals surface area contributed by atoms with Crippen molar-refractivity contribution in [2.24, 2.45) is 0 Å². The van der Waals surface area contributed by atoms with E-state index in [-0.39, 0.29) is 11.3 Å². The van der Waals surface area contributed by atoms with Gasteiger partial charge in [-0.25, -0.2) is 0 Å². The highest BCUT2D eigenvalue weighted by Crippen LogP contribution is 2.35. The maximum atomic E-state index is 11.3. The van der Waals surface area contributed by atoms with Gasteiger partial charge < -0.3 is 5.32 Å². The van der Waals surface area contributed by atoms with Crippen LogP contribution in [-0.4, -0.2) is 28.9 Å². The molecule has 0 radical (unpaired) electrons. The number of aromatic nitrogens is 1. The fourth-order valence-electron chi connectivity index (χ4n) is 4.37. The van der Waals surface area contributed by atoms with Crippen molar-refractivity contribution >= 4 is 17.7 Å². The summed E-state index contributed by atoms with van der Waals surface area (Å²) in [6.45, 7) is 4.41. The van der Waals surface area contributed by atoms with E-state index in [0.717, 1.165) is 43.9 Å². The van der Waals surface area contributed by atoms with Crippen LogP contribution in [0.1, 0.15) is 36.6 Å². The number of amides is 1. The molecule has 158 valence electrons. The zero-order chi connectivity index (χ0) is 21.5. The Labute approximate surface area is 184 Å². The van der Waals surface area contributed by atoms with Crippen molar-refractivity contribution in [3.05, 3.63) is 102 Å². The Bertz CT molecular complexity index is 1020. The van der Waals surface area contributed by atoms with Gasteiger partial charge in [0.15, 0.2) is 0 Å². The van der Waals surface area contributed by atoms with E-state index in [1.54, 1.807) is 0 Å². The average molecular weight is 412 g/mol. The number of hydrogen-bond acceptors (Lipinski definition) is 3. The Morgan fingerprint density at radius 1 is 1.06 bits per heavy atom. The van der Waals surface area contributed by atoms with Gasteiger partial charge in [-0.05, 0) is 54.8 Å². The largest absolute Gasteiger partial charge is 0.326 e. The lowest BCUT2D eigenvalue weighted by Gasteiger charge is -2.41. The molecular weight excluding hydrogens is 382 g/mol. The number of carbonyl (C=O) groups excluding carboxylic acids is 1. The molecule has 1 aliphatic heterocycles. The Hall–Kier alpha value is -3.24. The number of likely N-dealkylation sites (tertiary alicyclic amines) is 1. The van der Waals surface area contributed by atoms with E-state index < -0.39 is 0 Å². The van der Waals surface area contributed by atoms with Gasteiger partial charge >= 0.3 is 0 Å². The second kappa shape index (κ2) is 9.71. The molecule has 0 bridgehead atoms. The lowest BCUT2D eigenvalue weighted by Crippen LogP contribution is -2.45. The SMILES string of the molecule is CC(=O)Nc1ccc(CN2CCCC(C=Cc3ccccc3)(c3ccccn3)C2)cc1. The highest BCUT2D eigenvalue weighted by atomic mass is 16.1. The zero-order valence-corrected chi connectivity index (χ0v) is 18.0. The van der Waals surface area contributed by atoms with Gasteiger partial charge in [-0.1, -0.05) is 60.7 Å². The molecular formula is C27H29N3O. The van der Waals surface area contributed by atoms with E-state index >= 15 is 0 Å². The lowest BCUT2D eigenvalue weighted by molar-refractivity contribution is -0.114. The number of carbonyl (C=O) groups is 1. The van der Waals surface area contributed by atoms with Gasteiger partial charge in [-0.2, -0.15) is 0 Å². The van der Waals surface area contributed by atoms with E-state index in [4.69, 9.17) is 4.98 Å². The van der Waals surface area contributed by atoms with Crippen LogP contribution in [0.4, 0.5) is 5.69 Å². The lowest BCUT2D eigenvalue weighted by atomic mass is 9.76. The van der Waals surface area contributed by atoms with E-state index in [9.17, 15) is 4.79 Å². The molecule has 1 aromatic heterocycles. The summed E-state index contributed by atoms with van der Waals surface area (Å²) in [6.07, 6.45) is 8.70.